The Kier molecular flexibility index (Phi) is 4.56. The van der Waals surface area contributed by atoms with Gasteiger partial charge in [-0.05, 0) is 58.4 Å². The number of nitrogens with zero attached hydrogens (tertiary/aromatic N) is 4. The van der Waals surface area contributed by atoms with Gasteiger partial charge in [0.05, 0.1) is 11.9 Å². The molecule has 2 aromatic rings. The second kappa shape index (κ2) is 6.92. The van der Waals surface area contributed by atoms with E-state index in [0.29, 0.717) is 22.9 Å². The lowest BCUT2D eigenvalue weighted by molar-refractivity contribution is 0.0826. The molecule has 0 aliphatic heterocycles. The standard InChI is InChI=1S/C20H24N6O2/c1-13-10-21-11-16(23-13)18(28)26-20-6-3-5-19(12-20,7-8-20)25-17(27)15-4-9-22-14(2)24-15/h4,9-11H,3,5-8,12H2,1-2H3,(H,25,27)(H,26,28)/t19-,20+/m0/s1. The summed E-state index contributed by atoms with van der Waals surface area (Å²) in [5, 5.41) is 6.40. The van der Waals surface area contributed by atoms with E-state index < -0.39 is 0 Å². The number of nitrogens with one attached hydrogen (secondary N) is 2. The van der Waals surface area contributed by atoms with Crippen molar-refractivity contribution in [2.24, 2.45) is 0 Å². The van der Waals surface area contributed by atoms with Gasteiger partial charge in [0.1, 0.15) is 17.2 Å². The van der Waals surface area contributed by atoms with Crippen molar-refractivity contribution in [3.05, 3.63) is 47.6 Å². The predicted octanol–water partition coefficient (Wildman–Crippen LogP) is 1.89. The summed E-state index contributed by atoms with van der Waals surface area (Å²) in [6, 6.07) is 1.63. The molecule has 0 saturated heterocycles. The van der Waals surface area contributed by atoms with Gasteiger partial charge in [-0.1, -0.05) is 0 Å². The molecule has 2 aliphatic rings. The van der Waals surface area contributed by atoms with Crippen LogP contribution in [0.15, 0.2) is 24.7 Å². The summed E-state index contributed by atoms with van der Waals surface area (Å²) < 4.78 is 0. The highest BCUT2D eigenvalue weighted by Crippen LogP contribution is 2.48. The van der Waals surface area contributed by atoms with Crippen LogP contribution in [-0.2, 0) is 0 Å². The predicted molar refractivity (Wildman–Crippen MR) is 102 cm³/mol. The number of carbonyl (C=O) groups excluding carboxylic acids is 2. The zero-order valence-corrected chi connectivity index (χ0v) is 16.2. The molecule has 8 heteroatoms. The molecule has 0 unspecified atom stereocenters. The zero-order chi connectivity index (χ0) is 19.8. The van der Waals surface area contributed by atoms with E-state index in [0.717, 1.165) is 38.5 Å². The maximum atomic E-state index is 12.7. The number of aromatic nitrogens is 4. The fourth-order valence-electron chi connectivity index (χ4n) is 4.60. The molecule has 28 heavy (non-hydrogen) atoms. The minimum atomic E-state index is -0.310. The van der Waals surface area contributed by atoms with E-state index in [4.69, 9.17) is 0 Å². The highest BCUT2D eigenvalue weighted by Gasteiger charge is 2.52. The normalized spacial score (nSPS) is 25.9. The quantitative estimate of drug-likeness (QED) is 0.838. The Bertz CT molecular complexity index is 859. The molecule has 2 aromatic heterocycles. The smallest absolute Gasteiger partial charge is 0.271 e. The lowest BCUT2D eigenvalue weighted by atomic mass is 9.78. The van der Waals surface area contributed by atoms with E-state index in [1.54, 1.807) is 25.4 Å². The molecule has 146 valence electrons. The van der Waals surface area contributed by atoms with Crippen molar-refractivity contribution in [3.63, 3.8) is 0 Å². The van der Waals surface area contributed by atoms with E-state index in [2.05, 4.69) is 30.6 Å². The van der Waals surface area contributed by atoms with Crippen LogP contribution in [0.25, 0.3) is 0 Å². The van der Waals surface area contributed by atoms with E-state index in [1.807, 2.05) is 6.92 Å². The van der Waals surface area contributed by atoms with Crippen LogP contribution in [0.3, 0.4) is 0 Å². The zero-order valence-electron chi connectivity index (χ0n) is 16.2. The van der Waals surface area contributed by atoms with Crippen molar-refractivity contribution >= 4 is 11.8 Å². The van der Waals surface area contributed by atoms with Crippen molar-refractivity contribution < 1.29 is 9.59 Å². The van der Waals surface area contributed by atoms with Crippen LogP contribution < -0.4 is 10.6 Å². The summed E-state index contributed by atoms with van der Waals surface area (Å²) in [5.41, 5.74) is 0.805. The average molecular weight is 380 g/mol. The molecule has 2 amide bonds. The molecule has 2 N–H and O–H groups in total. The van der Waals surface area contributed by atoms with Crippen LogP contribution >= 0.6 is 0 Å². The third-order valence-corrected chi connectivity index (χ3v) is 5.82. The molecule has 2 heterocycles. The van der Waals surface area contributed by atoms with Crippen LogP contribution in [-0.4, -0.2) is 42.8 Å². The van der Waals surface area contributed by atoms with Gasteiger partial charge in [0, 0.05) is 23.5 Å². The topological polar surface area (TPSA) is 110 Å². The van der Waals surface area contributed by atoms with Gasteiger partial charge in [0.25, 0.3) is 11.8 Å². The van der Waals surface area contributed by atoms with E-state index >= 15 is 0 Å². The number of amides is 2. The average Bonchev–Trinajstić information content (AvgIpc) is 2.91. The first kappa shape index (κ1) is 18.5. The van der Waals surface area contributed by atoms with Crippen LogP contribution in [0, 0.1) is 13.8 Å². The number of hydrogen-bond donors (Lipinski definition) is 2. The lowest BCUT2D eigenvalue weighted by Gasteiger charge is -2.40. The molecular formula is C20H24N6O2. The summed E-state index contributed by atoms with van der Waals surface area (Å²) in [6.45, 7) is 3.58. The molecule has 4 rings (SSSR count). The monoisotopic (exact) mass is 380 g/mol. The van der Waals surface area contributed by atoms with Crippen molar-refractivity contribution in [1.29, 1.82) is 0 Å². The molecule has 0 spiro atoms. The summed E-state index contributed by atoms with van der Waals surface area (Å²) in [7, 11) is 0. The number of fused-ring (bicyclic) bond motifs is 2. The molecule has 0 aromatic carbocycles. The Morgan fingerprint density at radius 1 is 0.929 bits per heavy atom. The van der Waals surface area contributed by atoms with Gasteiger partial charge < -0.3 is 10.6 Å². The van der Waals surface area contributed by atoms with Crippen molar-refractivity contribution in [2.75, 3.05) is 0 Å². The summed E-state index contributed by atoms with van der Waals surface area (Å²) in [5.74, 6) is 0.187. The fraction of sp³-hybridized carbons (Fsp3) is 0.500. The highest BCUT2D eigenvalue weighted by atomic mass is 16.2. The Balaban J connectivity index is 1.48. The van der Waals surface area contributed by atoms with Crippen molar-refractivity contribution in [1.82, 2.24) is 30.6 Å². The van der Waals surface area contributed by atoms with E-state index in [-0.39, 0.29) is 22.9 Å². The largest absolute Gasteiger partial charge is 0.345 e. The Labute approximate surface area is 163 Å². The van der Waals surface area contributed by atoms with Gasteiger partial charge in [0.15, 0.2) is 0 Å². The third kappa shape index (κ3) is 3.58. The molecule has 0 radical (unpaired) electrons. The summed E-state index contributed by atoms with van der Waals surface area (Å²) in [6.07, 6.45) is 9.86. The van der Waals surface area contributed by atoms with Crippen LogP contribution in [0.5, 0.6) is 0 Å². The van der Waals surface area contributed by atoms with Crippen molar-refractivity contribution in [3.8, 4) is 0 Å². The summed E-state index contributed by atoms with van der Waals surface area (Å²) >= 11 is 0. The third-order valence-electron chi connectivity index (χ3n) is 5.82. The SMILES string of the molecule is Cc1cncc(C(=O)N[C@]23CCC[C@](NC(=O)c4ccnc(C)n4)(CC2)C3)n1. The van der Waals surface area contributed by atoms with Gasteiger partial charge in [0.2, 0.25) is 0 Å². The number of aryl methyl sites for hydroxylation is 2. The van der Waals surface area contributed by atoms with Gasteiger partial charge >= 0.3 is 0 Å². The lowest BCUT2D eigenvalue weighted by Crippen LogP contribution is -2.55. The molecule has 2 atom stereocenters. The molecule has 8 nitrogen and oxygen atoms in total. The van der Waals surface area contributed by atoms with Crippen LogP contribution in [0.4, 0.5) is 0 Å². The maximum absolute atomic E-state index is 12.7. The Hall–Kier alpha value is -2.90. The van der Waals surface area contributed by atoms with Crippen molar-refractivity contribution in [2.45, 2.75) is 63.5 Å². The number of rotatable bonds is 4. The van der Waals surface area contributed by atoms with Gasteiger partial charge in [-0.2, -0.15) is 0 Å². The Morgan fingerprint density at radius 3 is 2.25 bits per heavy atom. The molecule has 2 saturated carbocycles. The first-order chi connectivity index (χ1) is 13.4. The number of hydrogen-bond acceptors (Lipinski definition) is 6. The molecule has 2 aliphatic carbocycles. The number of carbonyl (C=O) groups is 2. The second-order valence-corrected chi connectivity index (χ2v) is 8.03. The summed E-state index contributed by atoms with van der Waals surface area (Å²) in [4.78, 5) is 42.0. The van der Waals surface area contributed by atoms with E-state index in [9.17, 15) is 9.59 Å². The fourth-order valence-corrected chi connectivity index (χ4v) is 4.60. The van der Waals surface area contributed by atoms with Gasteiger partial charge in [-0.15, -0.1) is 0 Å². The highest BCUT2D eigenvalue weighted by molar-refractivity contribution is 5.93. The first-order valence-electron chi connectivity index (χ1n) is 9.62. The molecular weight excluding hydrogens is 356 g/mol. The molecule has 2 bridgehead atoms. The minimum absolute atomic E-state index is 0.181. The van der Waals surface area contributed by atoms with E-state index in [1.165, 1.54) is 6.20 Å². The van der Waals surface area contributed by atoms with Gasteiger partial charge in [-0.3, -0.25) is 14.6 Å². The first-order valence-corrected chi connectivity index (χ1v) is 9.62. The molecule has 2 fully saturated rings. The Morgan fingerprint density at radius 2 is 1.61 bits per heavy atom. The maximum Gasteiger partial charge on any atom is 0.271 e. The second-order valence-electron chi connectivity index (χ2n) is 8.03. The van der Waals surface area contributed by atoms with Crippen LogP contribution in [0.1, 0.15) is 71.0 Å². The van der Waals surface area contributed by atoms with Gasteiger partial charge in [-0.25, -0.2) is 15.0 Å². The van der Waals surface area contributed by atoms with Crippen LogP contribution in [0.2, 0.25) is 0 Å². The minimum Gasteiger partial charge on any atom is -0.345 e.